The van der Waals surface area contributed by atoms with E-state index in [0.29, 0.717) is 6.42 Å². The molecule has 0 aliphatic rings. The van der Waals surface area contributed by atoms with Crippen molar-refractivity contribution in [3.8, 4) is 0 Å². The Balaban J connectivity index is 3.31. The van der Waals surface area contributed by atoms with Crippen molar-refractivity contribution in [2.24, 2.45) is 0 Å². The molecule has 0 amide bonds. The number of rotatable bonds is 28. The van der Waals surface area contributed by atoms with E-state index in [0.717, 1.165) is 51.4 Å². The number of carboxylic acids is 1. The van der Waals surface area contributed by atoms with Crippen LogP contribution in [0, 0.1) is 0 Å². The Morgan fingerprint density at radius 3 is 1.05 bits per heavy atom. The molecule has 0 unspecified atom stereocenters. The van der Waals surface area contributed by atoms with Crippen LogP contribution in [-0.4, -0.2) is 11.1 Å². The second-order valence-electron chi connectivity index (χ2n) is 10.3. The van der Waals surface area contributed by atoms with Gasteiger partial charge < -0.3 is 5.11 Å². The maximum Gasteiger partial charge on any atom is 0.303 e. The monoisotopic (exact) mass is 524 g/mol. The minimum atomic E-state index is -0.658. The molecule has 0 radical (unpaired) electrons. The van der Waals surface area contributed by atoms with Gasteiger partial charge in [0.1, 0.15) is 0 Å². The Labute approximate surface area is 236 Å². The Morgan fingerprint density at radius 2 is 0.711 bits per heavy atom. The average molecular weight is 525 g/mol. The van der Waals surface area contributed by atoms with Crippen molar-refractivity contribution in [3.63, 3.8) is 0 Å². The Hall–Kier alpha value is -2.09. The van der Waals surface area contributed by atoms with E-state index < -0.39 is 5.97 Å². The van der Waals surface area contributed by atoms with Crippen molar-refractivity contribution in [2.75, 3.05) is 0 Å². The van der Waals surface area contributed by atoms with Crippen LogP contribution >= 0.6 is 0 Å². The lowest BCUT2D eigenvalue weighted by Crippen LogP contribution is -1.93. The fraction of sp³-hybridized carbons (Fsp3) is 0.639. The van der Waals surface area contributed by atoms with Crippen molar-refractivity contribution >= 4 is 5.97 Å². The Morgan fingerprint density at radius 1 is 0.421 bits per heavy atom. The van der Waals surface area contributed by atoms with E-state index >= 15 is 0 Å². The molecule has 0 aliphatic carbocycles. The van der Waals surface area contributed by atoms with Gasteiger partial charge in [-0.2, -0.15) is 0 Å². The number of unbranched alkanes of at least 4 members (excludes halogenated alkanes) is 14. The van der Waals surface area contributed by atoms with Crippen molar-refractivity contribution in [1.29, 1.82) is 0 Å². The lowest BCUT2D eigenvalue weighted by Gasteiger charge is -2.03. The van der Waals surface area contributed by atoms with E-state index in [2.05, 4.69) is 79.8 Å². The van der Waals surface area contributed by atoms with Crippen molar-refractivity contribution < 1.29 is 9.90 Å². The molecule has 0 aromatic heterocycles. The van der Waals surface area contributed by atoms with Gasteiger partial charge in [-0.15, -0.1) is 0 Å². The predicted octanol–water partition coefficient (Wildman–Crippen LogP) is 12.0. The number of carbonyl (C=O) groups is 1. The predicted molar refractivity (Wildman–Crippen MR) is 170 cm³/mol. The fourth-order valence-corrected chi connectivity index (χ4v) is 4.30. The van der Waals surface area contributed by atoms with Crippen LogP contribution < -0.4 is 0 Å². The van der Waals surface area contributed by atoms with Gasteiger partial charge in [-0.3, -0.25) is 4.79 Å². The van der Waals surface area contributed by atoms with Gasteiger partial charge in [-0.05, 0) is 57.8 Å². The summed E-state index contributed by atoms with van der Waals surface area (Å²) in [4.78, 5) is 10.5. The summed E-state index contributed by atoms with van der Waals surface area (Å²) in [5.74, 6) is -0.658. The fourth-order valence-electron chi connectivity index (χ4n) is 4.30. The van der Waals surface area contributed by atoms with E-state index in [4.69, 9.17) is 5.11 Å². The first-order valence-corrected chi connectivity index (χ1v) is 15.9. The Kier molecular flexibility index (Phi) is 31.1. The number of hydrogen-bond acceptors (Lipinski definition) is 1. The molecular formula is C36H60O2. The van der Waals surface area contributed by atoms with Gasteiger partial charge >= 0.3 is 5.97 Å². The van der Waals surface area contributed by atoms with Crippen LogP contribution in [0.3, 0.4) is 0 Å². The van der Waals surface area contributed by atoms with Crippen molar-refractivity contribution in [1.82, 2.24) is 0 Å². The van der Waals surface area contributed by atoms with E-state index in [1.54, 1.807) is 0 Å². The van der Waals surface area contributed by atoms with Crippen LogP contribution in [0.15, 0.2) is 72.9 Å². The lowest BCUT2D eigenvalue weighted by molar-refractivity contribution is -0.137. The van der Waals surface area contributed by atoms with Gasteiger partial charge in [-0.25, -0.2) is 0 Å². The van der Waals surface area contributed by atoms with Crippen LogP contribution in [0.25, 0.3) is 0 Å². The molecule has 0 saturated carbocycles. The molecule has 0 heterocycles. The first-order chi connectivity index (χ1) is 18.8. The largest absolute Gasteiger partial charge is 0.481 e. The minimum absolute atomic E-state index is 0.336. The normalized spacial score (nSPS) is 12.7. The summed E-state index contributed by atoms with van der Waals surface area (Å²) in [6.07, 6.45) is 53.1. The molecule has 38 heavy (non-hydrogen) atoms. The quantitative estimate of drug-likeness (QED) is 0.0816. The molecule has 0 fully saturated rings. The topological polar surface area (TPSA) is 37.3 Å². The van der Waals surface area contributed by atoms with Crippen LogP contribution in [-0.2, 0) is 4.79 Å². The van der Waals surface area contributed by atoms with Crippen LogP contribution in [0.5, 0.6) is 0 Å². The molecule has 0 rings (SSSR count). The smallest absolute Gasteiger partial charge is 0.303 e. The molecule has 0 aliphatic heterocycles. The van der Waals surface area contributed by atoms with Gasteiger partial charge in [-0.1, -0.05) is 157 Å². The number of hydrogen-bond donors (Lipinski definition) is 1. The molecular weight excluding hydrogens is 464 g/mol. The van der Waals surface area contributed by atoms with Gasteiger partial charge in [0.25, 0.3) is 0 Å². The average Bonchev–Trinajstić information content (AvgIpc) is 2.91. The van der Waals surface area contributed by atoms with E-state index in [9.17, 15) is 4.79 Å². The summed E-state index contributed by atoms with van der Waals surface area (Å²) >= 11 is 0. The SMILES string of the molecule is CC/C=C\C/C=C\C/C=C\C/C=C\C/C=C\C/C=C\CCCCCCCCCCCCCCCCC(=O)O. The molecule has 2 heteroatoms. The van der Waals surface area contributed by atoms with Crippen molar-refractivity contribution in [3.05, 3.63) is 72.9 Å². The minimum Gasteiger partial charge on any atom is -0.481 e. The second kappa shape index (κ2) is 32.9. The summed E-state index contributed by atoms with van der Waals surface area (Å²) in [7, 11) is 0. The standard InChI is InChI=1S/C36H60O2/c1-2-3-4-5-6-7-8-9-10-11-12-13-14-15-16-17-18-19-20-21-22-23-24-25-26-27-28-29-30-31-32-33-34-35-36(37)38/h3-4,6-7,9-10,12-13,15-16,18-19H,2,5,8,11,14,17,20-35H2,1H3,(H,37,38)/b4-3-,7-6-,10-9-,13-12-,16-15-,19-18-. The Bertz CT molecular complexity index is 663. The molecule has 1 N–H and O–H groups in total. The molecule has 0 aromatic carbocycles. The number of carboxylic acid groups (broad SMARTS) is 1. The summed E-state index contributed by atoms with van der Waals surface area (Å²) < 4.78 is 0. The summed E-state index contributed by atoms with van der Waals surface area (Å²) in [6.45, 7) is 2.17. The summed E-state index contributed by atoms with van der Waals surface area (Å²) in [5, 5.41) is 8.62. The highest BCUT2D eigenvalue weighted by atomic mass is 16.4. The highest BCUT2D eigenvalue weighted by molar-refractivity contribution is 5.66. The van der Waals surface area contributed by atoms with Gasteiger partial charge in [0, 0.05) is 6.42 Å². The molecule has 2 nitrogen and oxygen atoms in total. The third-order valence-corrected chi connectivity index (χ3v) is 6.61. The zero-order valence-corrected chi connectivity index (χ0v) is 24.8. The third kappa shape index (κ3) is 33.9. The molecule has 0 atom stereocenters. The van der Waals surface area contributed by atoms with Crippen LogP contribution in [0.4, 0.5) is 0 Å². The van der Waals surface area contributed by atoms with E-state index in [1.165, 1.54) is 83.5 Å². The van der Waals surface area contributed by atoms with Crippen LogP contribution in [0.1, 0.15) is 148 Å². The molecule has 0 spiro atoms. The number of aliphatic carboxylic acids is 1. The summed E-state index contributed by atoms with van der Waals surface area (Å²) in [5.41, 5.74) is 0. The van der Waals surface area contributed by atoms with E-state index in [1.807, 2.05) is 0 Å². The molecule has 216 valence electrons. The van der Waals surface area contributed by atoms with Gasteiger partial charge in [0.05, 0.1) is 0 Å². The highest BCUT2D eigenvalue weighted by Gasteiger charge is 1.97. The van der Waals surface area contributed by atoms with E-state index in [-0.39, 0.29) is 0 Å². The second-order valence-corrected chi connectivity index (χ2v) is 10.3. The third-order valence-electron chi connectivity index (χ3n) is 6.61. The lowest BCUT2D eigenvalue weighted by atomic mass is 10.0. The molecule has 0 saturated heterocycles. The zero-order valence-electron chi connectivity index (χ0n) is 24.8. The van der Waals surface area contributed by atoms with Crippen molar-refractivity contribution in [2.45, 2.75) is 148 Å². The first-order valence-electron chi connectivity index (χ1n) is 15.9. The molecule has 0 bridgehead atoms. The highest BCUT2D eigenvalue weighted by Crippen LogP contribution is 2.14. The number of allylic oxidation sites excluding steroid dienone is 12. The van der Waals surface area contributed by atoms with Gasteiger partial charge in [0.15, 0.2) is 0 Å². The first kappa shape index (κ1) is 35.9. The maximum atomic E-state index is 10.5. The van der Waals surface area contributed by atoms with Crippen LogP contribution in [0.2, 0.25) is 0 Å². The molecule has 0 aromatic rings. The maximum absolute atomic E-state index is 10.5. The van der Waals surface area contributed by atoms with Gasteiger partial charge in [0.2, 0.25) is 0 Å². The summed E-state index contributed by atoms with van der Waals surface area (Å²) in [6, 6.07) is 0. The zero-order chi connectivity index (χ0) is 27.6.